The van der Waals surface area contributed by atoms with Crippen molar-refractivity contribution in [2.75, 3.05) is 0 Å². The van der Waals surface area contributed by atoms with Gasteiger partial charge in [0.1, 0.15) is 18.1 Å². The molecule has 3 nitrogen and oxygen atoms in total. The molecule has 0 amide bonds. The van der Waals surface area contributed by atoms with E-state index in [4.69, 9.17) is 0 Å². The van der Waals surface area contributed by atoms with Crippen LogP contribution in [-0.2, 0) is 13.5 Å². The molecule has 0 N–H and O–H groups in total. The number of rotatable bonds is 2. The van der Waals surface area contributed by atoms with Crippen molar-refractivity contribution in [2.24, 2.45) is 7.05 Å². The van der Waals surface area contributed by atoms with Gasteiger partial charge < -0.3 is 4.40 Å². The topological polar surface area (TPSA) is 13.2 Å². The lowest BCUT2D eigenvalue weighted by molar-refractivity contribution is -0.659. The van der Waals surface area contributed by atoms with Gasteiger partial charge in [-0.3, -0.25) is 0 Å². The molecule has 0 radical (unpaired) electrons. The number of aryl methyl sites for hydroxylation is 4. The molecule has 3 heteroatoms. The lowest BCUT2D eigenvalue weighted by Gasteiger charge is -2.12. The van der Waals surface area contributed by atoms with Crippen molar-refractivity contribution in [3.8, 4) is 28.2 Å². The predicted molar refractivity (Wildman–Crippen MR) is 126 cm³/mol. The van der Waals surface area contributed by atoms with Gasteiger partial charge in [0.25, 0.3) is 5.82 Å². The molecular formula is C28H26N3+. The van der Waals surface area contributed by atoms with Crippen LogP contribution >= 0.6 is 0 Å². The van der Waals surface area contributed by atoms with E-state index >= 15 is 0 Å². The Labute approximate surface area is 182 Å². The Hall–Kier alpha value is -3.59. The third kappa shape index (κ3) is 2.63. The van der Waals surface area contributed by atoms with Crippen LogP contribution < -0.4 is 4.57 Å². The molecule has 3 heterocycles. The van der Waals surface area contributed by atoms with Crippen LogP contribution in [0.1, 0.15) is 27.8 Å². The molecule has 1 aliphatic carbocycles. The highest BCUT2D eigenvalue weighted by atomic mass is 15.1. The first-order valence-electron chi connectivity index (χ1n) is 10.9. The van der Waals surface area contributed by atoms with E-state index in [1.807, 2.05) is 0 Å². The summed E-state index contributed by atoms with van der Waals surface area (Å²) in [6.45, 7) is 6.63. The van der Waals surface area contributed by atoms with Gasteiger partial charge in [-0.15, -0.1) is 0 Å². The molecule has 6 rings (SSSR count). The second-order valence-electron chi connectivity index (χ2n) is 8.90. The molecule has 1 aliphatic rings. The molecule has 2 aromatic carbocycles. The Kier molecular flexibility index (Phi) is 3.79. The Bertz CT molecular complexity index is 1480. The van der Waals surface area contributed by atoms with E-state index in [2.05, 4.69) is 115 Å². The third-order valence-corrected chi connectivity index (χ3v) is 6.79. The molecule has 0 spiro atoms. The second kappa shape index (κ2) is 6.45. The van der Waals surface area contributed by atoms with Crippen molar-refractivity contribution in [3.05, 3.63) is 101 Å². The Morgan fingerprint density at radius 3 is 2.35 bits per heavy atom. The number of para-hydroxylation sites is 1. The zero-order chi connectivity index (χ0) is 21.3. The summed E-state index contributed by atoms with van der Waals surface area (Å²) in [7, 11) is 2.14. The van der Waals surface area contributed by atoms with E-state index in [0.29, 0.717) is 0 Å². The summed E-state index contributed by atoms with van der Waals surface area (Å²) in [6, 6.07) is 18.0. The Morgan fingerprint density at radius 2 is 1.55 bits per heavy atom. The maximum absolute atomic E-state index is 2.41. The van der Waals surface area contributed by atoms with E-state index in [9.17, 15) is 0 Å². The van der Waals surface area contributed by atoms with Gasteiger partial charge in [-0.25, -0.2) is 4.57 Å². The zero-order valence-corrected chi connectivity index (χ0v) is 18.5. The lowest BCUT2D eigenvalue weighted by atomic mass is 9.98. The Balaban J connectivity index is 1.59. The van der Waals surface area contributed by atoms with Crippen LogP contribution in [0.5, 0.6) is 0 Å². The van der Waals surface area contributed by atoms with Crippen LogP contribution in [0.15, 0.2) is 73.3 Å². The summed E-state index contributed by atoms with van der Waals surface area (Å²) in [5, 5.41) is 0. The van der Waals surface area contributed by atoms with Crippen molar-refractivity contribution < 1.29 is 4.57 Å². The van der Waals surface area contributed by atoms with E-state index in [1.54, 1.807) is 0 Å². The summed E-state index contributed by atoms with van der Waals surface area (Å²) in [4.78, 5) is 0. The average Bonchev–Trinajstić information content (AvgIpc) is 3.42. The minimum absolute atomic E-state index is 1.01. The van der Waals surface area contributed by atoms with Gasteiger partial charge in [-0.05, 0) is 84.8 Å². The first-order valence-corrected chi connectivity index (χ1v) is 10.9. The lowest BCUT2D eigenvalue weighted by Crippen LogP contribution is -2.29. The summed E-state index contributed by atoms with van der Waals surface area (Å²) in [6.07, 6.45) is 9.78. The van der Waals surface area contributed by atoms with Crippen molar-refractivity contribution in [1.82, 2.24) is 8.97 Å². The third-order valence-electron chi connectivity index (χ3n) is 6.79. The fourth-order valence-corrected chi connectivity index (χ4v) is 5.29. The quantitative estimate of drug-likeness (QED) is 0.328. The van der Waals surface area contributed by atoms with Gasteiger partial charge in [0.05, 0.1) is 12.6 Å². The predicted octanol–water partition coefficient (Wildman–Crippen LogP) is 5.72. The van der Waals surface area contributed by atoms with Crippen LogP contribution in [0.3, 0.4) is 0 Å². The van der Waals surface area contributed by atoms with Gasteiger partial charge in [0, 0.05) is 23.5 Å². The molecule has 152 valence electrons. The largest absolute Gasteiger partial charge is 0.323 e. The zero-order valence-electron chi connectivity index (χ0n) is 18.5. The molecule has 0 bridgehead atoms. The molecule has 0 fully saturated rings. The highest BCUT2D eigenvalue weighted by Gasteiger charge is 2.27. The van der Waals surface area contributed by atoms with Gasteiger partial charge in [-0.2, -0.15) is 4.57 Å². The SMILES string of the molecule is Cc1cc2c(cc1-c1n(-c3c(C)cccc3C)cc[n+]1C)-c1cn3cccc3cc1C2. The molecule has 0 atom stereocenters. The van der Waals surface area contributed by atoms with Crippen LogP contribution in [0.2, 0.25) is 0 Å². The van der Waals surface area contributed by atoms with Crippen LogP contribution in [0.25, 0.3) is 33.7 Å². The van der Waals surface area contributed by atoms with Crippen LogP contribution in [0, 0.1) is 20.8 Å². The monoisotopic (exact) mass is 404 g/mol. The van der Waals surface area contributed by atoms with E-state index in [-0.39, 0.29) is 0 Å². The van der Waals surface area contributed by atoms with Crippen molar-refractivity contribution in [1.29, 1.82) is 0 Å². The fourth-order valence-electron chi connectivity index (χ4n) is 5.29. The number of pyridine rings is 1. The molecule has 31 heavy (non-hydrogen) atoms. The second-order valence-corrected chi connectivity index (χ2v) is 8.90. The highest BCUT2D eigenvalue weighted by molar-refractivity contribution is 5.82. The molecule has 0 unspecified atom stereocenters. The smallest absolute Gasteiger partial charge is 0.294 e. The summed E-state index contributed by atoms with van der Waals surface area (Å²) in [5.41, 5.74) is 13.3. The first-order chi connectivity index (χ1) is 15.0. The summed E-state index contributed by atoms with van der Waals surface area (Å²) >= 11 is 0. The highest BCUT2D eigenvalue weighted by Crippen LogP contribution is 2.41. The normalized spacial score (nSPS) is 12.4. The Morgan fingerprint density at radius 1 is 0.774 bits per heavy atom. The van der Waals surface area contributed by atoms with Gasteiger partial charge in [-0.1, -0.05) is 24.3 Å². The van der Waals surface area contributed by atoms with Crippen molar-refractivity contribution in [3.63, 3.8) is 0 Å². The van der Waals surface area contributed by atoms with Gasteiger partial charge in [0.15, 0.2) is 0 Å². The van der Waals surface area contributed by atoms with Crippen LogP contribution in [-0.4, -0.2) is 8.97 Å². The maximum Gasteiger partial charge on any atom is 0.294 e. The van der Waals surface area contributed by atoms with Crippen molar-refractivity contribution in [2.45, 2.75) is 27.2 Å². The molecule has 0 saturated heterocycles. The summed E-state index contributed by atoms with van der Waals surface area (Å²) < 4.78 is 6.82. The maximum atomic E-state index is 2.41. The molecule has 5 aromatic rings. The number of nitrogens with zero attached hydrogens (tertiary/aromatic N) is 3. The standard InChI is InChI=1S/C28H26N3/c1-18-7-5-8-19(2)27(18)31-12-11-29(4)28(31)24-16-25-21(13-20(24)3)14-22-15-23-9-6-10-30(23)17-26(22)25/h5-13,15-17H,14H2,1-4H3/q+1. The van der Waals surface area contributed by atoms with E-state index < -0.39 is 0 Å². The number of aromatic nitrogens is 3. The minimum Gasteiger partial charge on any atom is -0.323 e. The van der Waals surface area contributed by atoms with E-state index in [0.717, 1.165) is 6.42 Å². The minimum atomic E-state index is 1.01. The number of fused-ring (bicyclic) bond motifs is 4. The molecule has 0 saturated carbocycles. The van der Waals surface area contributed by atoms with Gasteiger partial charge in [0.2, 0.25) is 0 Å². The summed E-state index contributed by atoms with van der Waals surface area (Å²) in [5.74, 6) is 1.22. The fraction of sp³-hybridized carbons (Fsp3) is 0.179. The number of hydrogen-bond acceptors (Lipinski definition) is 0. The average molecular weight is 405 g/mol. The number of benzene rings is 2. The first kappa shape index (κ1) is 18.2. The van der Waals surface area contributed by atoms with Crippen LogP contribution in [0.4, 0.5) is 0 Å². The molecule has 0 aliphatic heterocycles. The number of imidazole rings is 1. The van der Waals surface area contributed by atoms with Gasteiger partial charge >= 0.3 is 0 Å². The number of hydrogen-bond donors (Lipinski definition) is 0. The molecule has 3 aromatic heterocycles. The van der Waals surface area contributed by atoms with Crippen molar-refractivity contribution >= 4 is 5.52 Å². The van der Waals surface area contributed by atoms with E-state index in [1.165, 1.54) is 61.5 Å². The molecular weight excluding hydrogens is 378 g/mol.